The summed E-state index contributed by atoms with van der Waals surface area (Å²) >= 11 is 0. The van der Waals surface area contributed by atoms with E-state index in [2.05, 4.69) is 16.1 Å². The van der Waals surface area contributed by atoms with E-state index in [-0.39, 0.29) is 28.1 Å². The van der Waals surface area contributed by atoms with E-state index in [1.807, 2.05) is 18.2 Å². The second-order valence-electron chi connectivity index (χ2n) is 9.19. The van der Waals surface area contributed by atoms with Crippen LogP contribution in [-0.4, -0.2) is 39.6 Å². The molecule has 2 atom stereocenters. The molecule has 2 aliphatic rings. The summed E-state index contributed by atoms with van der Waals surface area (Å²) in [5.41, 5.74) is 2.77. The van der Waals surface area contributed by atoms with Crippen molar-refractivity contribution in [2.24, 2.45) is 0 Å². The minimum Gasteiger partial charge on any atom is -0.486 e. The van der Waals surface area contributed by atoms with Crippen LogP contribution in [0.3, 0.4) is 0 Å². The fourth-order valence-corrected chi connectivity index (χ4v) is 5.63. The lowest BCUT2D eigenvalue weighted by Gasteiger charge is -2.27. The first-order valence-corrected chi connectivity index (χ1v) is 13.9. The topological polar surface area (TPSA) is 120 Å². The molecule has 0 saturated carbocycles. The molecule has 0 spiro atoms. The van der Waals surface area contributed by atoms with Gasteiger partial charge < -0.3 is 19.5 Å². The molecule has 0 aromatic heterocycles. The third kappa shape index (κ3) is 5.60. The largest absolute Gasteiger partial charge is 0.486 e. The van der Waals surface area contributed by atoms with E-state index in [4.69, 9.17) is 14.2 Å². The number of anilines is 1. The number of hydrogen-bond donors (Lipinski definition) is 2. The molecule has 0 fully saturated rings. The van der Waals surface area contributed by atoms with Crippen LogP contribution in [0.5, 0.6) is 11.5 Å². The highest BCUT2D eigenvalue weighted by Crippen LogP contribution is 2.33. The fourth-order valence-electron chi connectivity index (χ4n) is 4.55. The second kappa shape index (κ2) is 10.7. The Hall–Kier alpha value is -4.05. The lowest BCUT2D eigenvalue weighted by molar-refractivity contribution is -0.130. The molecule has 0 bridgehead atoms. The van der Waals surface area contributed by atoms with Crippen molar-refractivity contribution in [3.63, 3.8) is 0 Å². The molecule has 3 aromatic carbocycles. The van der Waals surface area contributed by atoms with Crippen molar-refractivity contribution >= 4 is 27.6 Å². The maximum Gasteiger partial charge on any atom is 0.338 e. The predicted molar refractivity (Wildman–Crippen MR) is 140 cm³/mol. The Bertz CT molecular complexity index is 1450. The number of sulfonamides is 1. The van der Waals surface area contributed by atoms with Gasteiger partial charge in [0.05, 0.1) is 16.5 Å². The monoisotopic (exact) mass is 536 g/mol. The van der Waals surface area contributed by atoms with Crippen LogP contribution < -0.4 is 19.5 Å². The number of fused-ring (bicyclic) bond motifs is 2. The van der Waals surface area contributed by atoms with Gasteiger partial charge in [-0.2, -0.15) is 0 Å². The van der Waals surface area contributed by atoms with Crippen molar-refractivity contribution in [1.29, 1.82) is 0 Å². The lowest BCUT2D eigenvalue weighted by Crippen LogP contribution is -2.39. The lowest BCUT2D eigenvalue weighted by atomic mass is 9.87. The molecular formula is C28H28N2O7S. The molecule has 0 radical (unpaired) electrons. The van der Waals surface area contributed by atoms with Gasteiger partial charge in [0.25, 0.3) is 15.9 Å². The van der Waals surface area contributed by atoms with Crippen molar-refractivity contribution in [3.8, 4) is 11.5 Å². The highest BCUT2D eigenvalue weighted by atomic mass is 32.2. The summed E-state index contributed by atoms with van der Waals surface area (Å²) in [5, 5.41) is 2.99. The summed E-state index contributed by atoms with van der Waals surface area (Å²) in [7, 11) is -3.90. The second-order valence-corrected chi connectivity index (χ2v) is 10.9. The maximum absolute atomic E-state index is 12.8. The van der Waals surface area contributed by atoms with E-state index in [0.29, 0.717) is 24.7 Å². The van der Waals surface area contributed by atoms with Crippen LogP contribution in [0.1, 0.15) is 47.3 Å². The van der Waals surface area contributed by atoms with Crippen LogP contribution in [0.4, 0.5) is 5.69 Å². The van der Waals surface area contributed by atoms with Crippen LogP contribution in [0.15, 0.2) is 71.6 Å². The van der Waals surface area contributed by atoms with Gasteiger partial charge in [-0.25, -0.2) is 13.2 Å². The summed E-state index contributed by atoms with van der Waals surface area (Å²) in [6.07, 6.45) is 1.79. The van der Waals surface area contributed by atoms with Crippen molar-refractivity contribution in [1.82, 2.24) is 5.32 Å². The van der Waals surface area contributed by atoms with Crippen LogP contribution in [-0.2, 0) is 26.0 Å². The smallest absolute Gasteiger partial charge is 0.338 e. The molecule has 1 heterocycles. The third-order valence-electron chi connectivity index (χ3n) is 6.54. The molecule has 2 N–H and O–H groups in total. The third-order valence-corrected chi connectivity index (χ3v) is 7.91. The normalized spacial score (nSPS) is 17.0. The number of benzene rings is 3. The van der Waals surface area contributed by atoms with Crippen molar-refractivity contribution in [2.75, 3.05) is 17.9 Å². The Morgan fingerprint density at radius 3 is 2.50 bits per heavy atom. The number of hydrogen-bond acceptors (Lipinski definition) is 7. The van der Waals surface area contributed by atoms with Gasteiger partial charge in [0.1, 0.15) is 13.2 Å². The molecule has 10 heteroatoms. The van der Waals surface area contributed by atoms with E-state index in [1.165, 1.54) is 48.9 Å². The minimum atomic E-state index is -3.90. The first kappa shape index (κ1) is 25.6. The fraction of sp³-hybridized carbons (Fsp3) is 0.286. The highest BCUT2D eigenvalue weighted by molar-refractivity contribution is 7.92. The van der Waals surface area contributed by atoms with Crippen LogP contribution in [0, 0.1) is 0 Å². The molecule has 1 amide bonds. The SMILES string of the molecule is CC(OC(=O)c1ccc(NS(=O)(=O)c2ccc3c(c2)OCCO3)cc1)C(=O)NC1CCCc2ccccc21. The number of amides is 1. The van der Waals surface area contributed by atoms with Crippen molar-refractivity contribution < 1.29 is 32.2 Å². The van der Waals surface area contributed by atoms with Gasteiger partial charge in [0, 0.05) is 11.8 Å². The zero-order valence-electron chi connectivity index (χ0n) is 20.8. The van der Waals surface area contributed by atoms with Gasteiger partial charge in [-0.15, -0.1) is 0 Å². The number of nitrogens with one attached hydrogen (secondary N) is 2. The average molecular weight is 537 g/mol. The molecule has 1 aliphatic heterocycles. The highest BCUT2D eigenvalue weighted by Gasteiger charge is 2.26. The summed E-state index contributed by atoms with van der Waals surface area (Å²) in [6.45, 7) is 2.28. The maximum atomic E-state index is 12.8. The quantitative estimate of drug-likeness (QED) is 0.438. The minimum absolute atomic E-state index is 0.0191. The Kier molecular flexibility index (Phi) is 7.24. The van der Waals surface area contributed by atoms with E-state index in [9.17, 15) is 18.0 Å². The molecule has 1 aliphatic carbocycles. The van der Waals surface area contributed by atoms with E-state index in [0.717, 1.165) is 24.8 Å². The van der Waals surface area contributed by atoms with Crippen LogP contribution in [0.2, 0.25) is 0 Å². The van der Waals surface area contributed by atoms with E-state index in [1.54, 1.807) is 6.07 Å². The Morgan fingerprint density at radius 2 is 1.71 bits per heavy atom. The van der Waals surface area contributed by atoms with E-state index < -0.39 is 22.1 Å². The Morgan fingerprint density at radius 1 is 0.974 bits per heavy atom. The number of ether oxygens (including phenoxy) is 3. The first-order valence-electron chi connectivity index (χ1n) is 12.4. The standard InChI is InChI=1S/C28H28N2O7S/c1-18(27(31)29-24-8-4-6-19-5-2-3-7-23(19)24)37-28(32)20-9-11-21(12-10-20)30-38(33,34)22-13-14-25-26(17-22)36-16-15-35-25/h2-3,5,7,9-14,17-18,24,30H,4,6,8,15-16H2,1H3,(H,29,31). The predicted octanol–water partition coefficient (Wildman–Crippen LogP) is 4.00. The first-order chi connectivity index (χ1) is 18.3. The van der Waals surface area contributed by atoms with Gasteiger partial charge in [-0.1, -0.05) is 24.3 Å². The molecule has 9 nitrogen and oxygen atoms in total. The number of aryl methyl sites for hydroxylation is 1. The van der Waals surface area contributed by atoms with Crippen molar-refractivity contribution in [2.45, 2.75) is 43.2 Å². The number of rotatable bonds is 7. The number of carbonyl (C=O) groups excluding carboxylic acids is 2. The van der Waals surface area contributed by atoms with E-state index >= 15 is 0 Å². The number of carbonyl (C=O) groups is 2. The summed E-state index contributed by atoms with van der Waals surface area (Å²) < 4.78 is 44.4. The van der Waals surface area contributed by atoms with Gasteiger partial charge in [-0.3, -0.25) is 9.52 Å². The molecule has 3 aromatic rings. The van der Waals surface area contributed by atoms with Gasteiger partial charge in [-0.05, 0) is 73.7 Å². The summed E-state index contributed by atoms with van der Waals surface area (Å²) in [4.78, 5) is 25.4. The number of esters is 1. The van der Waals surface area contributed by atoms with Gasteiger partial charge in [0.15, 0.2) is 17.6 Å². The van der Waals surface area contributed by atoms with Gasteiger partial charge >= 0.3 is 5.97 Å². The summed E-state index contributed by atoms with van der Waals surface area (Å²) in [5.74, 6) is -0.200. The zero-order chi connectivity index (χ0) is 26.7. The Labute approximate surface area is 221 Å². The molecule has 38 heavy (non-hydrogen) atoms. The van der Waals surface area contributed by atoms with Crippen LogP contribution in [0.25, 0.3) is 0 Å². The van der Waals surface area contributed by atoms with Crippen molar-refractivity contribution in [3.05, 3.63) is 83.4 Å². The zero-order valence-corrected chi connectivity index (χ0v) is 21.6. The summed E-state index contributed by atoms with van der Waals surface area (Å²) in [6, 6.07) is 18.1. The molecule has 198 valence electrons. The van der Waals surface area contributed by atoms with Crippen LogP contribution >= 0.6 is 0 Å². The molecular weight excluding hydrogens is 508 g/mol. The Balaban J connectivity index is 1.18. The molecule has 5 rings (SSSR count). The molecule has 2 unspecified atom stereocenters. The molecule has 0 saturated heterocycles. The average Bonchev–Trinajstić information content (AvgIpc) is 2.93. The van der Waals surface area contributed by atoms with Gasteiger partial charge in [0.2, 0.25) is 0 Å².